The molecule has 0 nitrogen and oxygen atoms in total. The van der Waals surface area contributed by atoms with Gasteiger partial charge in [-0.25, -0.2) is 0 Å². The summed E-state index contributed by atoms with van der Waals surface area (Å²) < 4.78 is 2.27. The summed E-state index contributed by atoms with van der Waals surface area (Å²) in [7, 11) is 0. The number of alkyl halides is 1. The smallest absolute Gasteiger partial charge is 0.0596 e. The molecule has 0 aliphatic carbocycles. The summed E-state index contributed by atoms with van der Waals surface area (Å²) in [5.74, 6) is 0. The molecular weight excluding hydrogens is 399 g/mol. The highest BCUT2D eigenvalue weighted by Gasteiger charge is 2.13. The number of halogens is 3. The standard InChI is InChI=1S/C17H25Br2Cl/c1-3-4-5-6-7-8-9-10-17(20)14-12-15(18)13(2)11-16(14)19/h11-12,17H,3-10H2,1-2H3. The van der Waals surface area contributed by atoms with Crippen LogP contribution in [0.5, 0.6) is 0 Å². The summed E-state index contributed by atoms with van der Waals surface area (Å²) in [5, 5.41) is 0.108. The van der Waals surface area contributed by atoms with Crippen LogP contribution in [0.3, 0.4) is 0 Å². The zero-order chi connectivity index (χ0) is 15.0. The molecule has 0 saturated carbocycles. The topological polar surface area (TPSA) is 0 Å². The first-order chi connectivity index (χ1) is 9.56. The average Bonchev–Trinajstić information content (AvgIpc) is 2.41. The van der Waals surface area contributed by atoms with Gasteiger partial charge in [-0.15, -0.1) is 11.6 Å². The van der Waals surface area contributed by atoms with Gasteiger partial charge in [0.25, 0.3) is 0 Å². The molecule has 0 fully saturated rings. The molecule has 1 aromatic carbocycles. The van der Waals surface area contributed by atoms with Crippen LogP contribution in [0.4, 0.5) is 0 Å². The average molecular weight is 425 g/mol. The number of unbranched alkanes of at least 4 members (excludes halogenated alkanes) is 6. The third-order valence-electron chi connectivity index (χ3n) is 3.68. The molecule has 0 N–H and O–H groups in total. The van der Waals surface area contributed by atoms with Crippen molar-refractivity contribution >= 4 is 43.5 Å². The molecule has 3 heteroatoms. The number of aryl methyl sites for hydroxylation is 1. The van der Waals surface area contributed by atoms with E-state index in [1.807, 2.05) is 0 Å². The number of rotatable bonds is 9. The summed E-state index contributed by atoms with van der Waals surface area (Å²) >= 11 is 13.8. The zero-order valence-electron chi connectivity index (χ0n) is 12.5. The lowest BCUT2D eigenvalue weighted by Crippen LogP contribution is -1.94. The molecule has 0 amide bonds. The molecule has 20 heavy (non-hydrogen) atoms. The summed E-state index contributed by atoms with van der Waals surface area (Å²) in [4.78, 5) is 0. The van der Waals surface area contributed by atoms with Crippen LogP contribution in [0.15, 0.2) is 21.1 Å². The van der Waals surface area contributed by atoms with E-state index in [1.165, 1.54) is 56.1 Å². The Morgan fingerprint density at radius 1 is 0.950 bits per heavy atom. The fraction of sp³-hybridized carbons (Fsp3) is 0.647. The van der Waals surface area contributed by atoms with Gasteiger partial charge < -0.3 is 0 Å². The van der Waals surface area contributed by atoms with E-state index in [-0.39, 0.29) is 5.38 Å². The summed E-state index contributed by atoms with van der Waals surface area (Å²) in [6.45, 7) is 4.35. The van der Waals surface area contributed by atoms with Crippen molar-refractivity contribution in [2.45, 2.75) is 70.6 Å². The SMILES string of the molecule is CCCCCCCCCC(Cl)c1cc(Br)c(C)cc1Br. The Morgan fingerprint density at radius 3 is 2.20 bits per heavy atom. The number of hydrogen-bond donors (Lipinski definition) is 0. The lowest BCUT2D eigenvalue weighted by Gasteiger charge is -2.13. The van der Waals surface area contributed by atoms with E-state index in [9.17, 15) is 0 Å². The van der Waals surface area contributed by atoms with Crippen molar-refractivity contribution in [1.82, 2.24) is 0 Å². The Labute approximate surface area is 145 Å². The lowest BCUT2D eigenvalue weighted by molar-refractivity contribution is 0.571. The molecule has 1 atom stereocenters. The van der Waals surface area contributed by atoms with Gasteiger partial charge in [-0.1, -0.05) is 83.7 Å². The van der Waals surface area contributed by atoms with Crippen LogP contribution in [0.1, 0.15) is 74.8 Å². The van der Waals surface area contributed by atoms with Crippen LogP contribution in [0.25, 0.3) is 0 Å². The van der Waals surface area contributed by atoms with Gasteiger partial charge >= 0.3 is 0 Å². The minimum absolute atomic E-state index is 0.108. The van der Waals surface area contributed by atoms with Crippen molar-refractivity contribution in [3.05, 3.63) is 32.2 Å². The van der Waals surface area contributed by atoms with Crippen LogP contribution in [-0.4, -0.2) is 0 Å². The van der Waals surface area contributed by atoms with Crippen molar-refractivity contribution in [2.24, 2.45) is 0 Å². The molecule has 0 saturated heterocycles. The van der Waals surface area contributed by atoms with Crippen LogP contribution >= 0.6 is 43.5 Å². The highest BCUT2D eigenvalue weighted by Crippen LogP contribution is 2.35. The maximum Gasteiger partial charge on any atom is 0.0596 e. The van der Waals surface area contributed by atoms with Crippen LogP contribution in [-0.2, 0) is 0 Å². The highest BCUT2D eigenvalue weighted by atomic mass is 79.9. The van der Waals surface area contributed by atoms with Crippen molar-refractivity contribution in [3.63, 3.8) is 0 Å². The normalized spacial score (nSPS) is 12.7. The molecule has 0 aliphatic rings. The minimum atomic E-state index is 0.108. The Bertz CT molecular complexity index is 404. The molecule has 1 unspecified atom stereocenters. The second kappa shape index (κ2) is 10.2. The Morgan fingerprint density at radius 2 is 1.55 bits per heavy atom. The molecule has 0 radical (unpaired) electrons. The monoisotopic (exact) mass is 422 g/mol. The third kappa shape index (κ3) is 6.49. The molecule has 0 aromatic heterocycles. The van der Waals surface area contributed by atoms with Crippen LogP contribution < -0.4 is 0 Å². The van der Waals surface area contributed by atoms with Gasteiger partial charge in [0.2, 0.25) is 0 Å². The Kier molecular flexibility index (Phi) is 9.48. The van der Waals surface area contributed by atoms with E-state index in [4.69, 9.17) is 11.6 Å². The van der Waals surface area contributed by atoms with E-state index in [0.717, 1.165) is 15.4 Å². The first-order valence-corrected chi connectivity index (χ1v) is 9.68. The first-order valence-electron chi connectivity index (χ1n) is 7.65. The minimum Gasteiger partial charge on any atom is -0.118 e. The van der Waals surface area contributed by atoms with Gasteiger partial charge in [-0.3, -0.25) is 0 Å². The summed E-state index contributed by atoms with van der Waals surface area (Å²) in [6, 6.07) is 4.29. The third-order valence-corrected chi connectivity index (χ3v) is 5.67. The van der Waals surface area contributed by atoms with Gasteiger partial charge in [-0.2, -0.15) is 0 Å². The molecule has 1 aromatic rings. The van der Waals surface area contributed by atoms with Crippen molar-refractivity contribution in [1.29, 1.82) is 0 Å². The predicted octanol–water partition coefficient (Wildman–Crippen LogP) is 7.94. The molecule has 1 rings (SSSR count). The predicted molar refractivity (Wildman–Crippen MR) is 97.8 cm³/mol. The second-order valence-corrected chi connectivity index (χ2v) is 7.74. The Hall–Kier alpha value is 0.470. The first kappa shape index (κ1) is 18.5. The van der Waals surface area contributed by atoms with E-state index < -0.39 is 0 Å². The molecule has 0 spiro atoms. The second-order valence-electron chi connectivity index (χ2n) is 5.50. The highest BCUT2D eigenvalue weighted by molar-refractivity contribution is 9.11. The summed E-state index contributed by atoms with van der Waals surface area (Å²) in [6.07, 6.45) is 10.4. The van der Waals surface area contributed by atoms with Crippen LogP contribution in [0, 0.1) is 6.92 Å². The largest absolute Gasteiger partial charge is 0.118 e. The van der Waals surface area contributed by atoms with Gasteiger partial charge in [-0.05, 0) is 36.6 Å². The zero-order valence-corrected chi connectivity index (χ0v) is 16.5. The fourth-order valence-corrected chi connectivity index (χ4v) is 3.90. The van der Waals surface area contributed by atoms with Crippen molar-refractivity contribution in [3.8, 4) is 0 Å². The quantitative estimate of drug-likeness (QED) is 0.279. The molecule has 114 valence electrons. The van der Waals surface area contributed by atoms with Crippen LogP contribution in [0.2, 0.25) is 0 Å². The van der Waals surface area contributed by atoms with E-state index in [2.05, 4.69) is 57.8 Å². The Balaban J connectivity index is 2.32. The maximum atomic E-state index is 6.55. The number of benzene rings is 1. The number of hydrogen-bond acceptors (Lipinski definition) is 0. The van der Waals surface area contributed by atoms with Gasteiger partial charge in [0, 0.05) is 8.95 Å². The van der Waals surface area contributed by atoms with Gasteiger partial charge in [0.15, 0.2) is 0 Å². The molecular formula is C17H25Br2Cl. The van der Waals surface area contributed by atoms with Crippen molar-refractivity contribution in [2.75, 3.05) is 0 Å². The summed E-state index contributed by atoms with van der Waals surface area (Å²) in [5.41, 5.74) is 2.44. The van der Waals surface area contributed by atoms with Gasteiger partial charge in [0.05, 0.1) is 5.38 Å². The molecule has 0 bridgehead atoms. The van der Waals surface area contributed by atoms with Gasteiger partial charge in [0.1, 0.15) is 0 Å². The lowest BCUT2D eigenvalue weighted by atomic mass is 10.0. The van der Waals surface area contributed by atoms with E-state index >= 15 is 0 Å². The maximum absolute atomic E-state index is 6.55. The molecule has 0 aliphatic heterocycles. The fourth-order valence-electron chi connectivity index (χ4n) is 2.34. The van der Waals surface area contributed by atoms with E-state index in [0.29, 0.717) is 0 Å². The van der Waals surface area contributed by atoms with Crippen molar-refractivity contribution < 1.29 is 0 Å². The molecule has 0 heterocycles. The van der Waals surface area contributed by atoms with E-state index in [1.54, 1.807) is 0 Å².